The summed E-state index contributed by atoms with van der Waals surface area (Å²) in [6.07, 6.45) is 5.49. The minimum atomic E-state index is -3.42. The second-order valence-electron chi connectivity index (χ2n) is 7.80. The quantitative estimate of drug-likeness (QED) is 0.613. The zero-order valence-corrected chi connectivity index (χ0v) is 19.4. The Balaban J connectivity index is 1.43. The summed E-state index contributed by atoms with van der Waals surface area (Å²) in [6.45, 7) is 1.18. The lowest BCUT2D eigenvalue weighted by atomic mass is 9.77. The Hall–Kier alpha value is -1.22. The van der Waals surface area contributed by atoms with E-state index in [0.717, 1.165) is 40.6 Å². The van der Waals surface area contributed by atoms with Gasteiger partial charge >= 0.3 is 0 Å². The number of halogens is 1. The Bertz CT molecular complexity index is 962. The standard InChI is InChI=1S/C21H25BrN2O3S2/c22-17-8-6-16(7-9-17)21(15-4-3-5-15)23-19(25)14-18-10-11-20(28-18)29(26,27)24-12-1-2-13-24/h6-11,15,21H,1-5,12-14H2,(H,23,25). The largest absolute Gasteiger partial charge is 0.349 e. The molecule has 1 aromatic heterocycles. The molecule has 1 aliphatic heterocycles. The summed E-state index contributed by atoms with van der Waals surface area (Å²) in [5.41, 5.74) is 1.12. The van der Waals surface area contributed by atoms with Crippen molar-refractivity contribution in [2.24, 2.45) is 5.92 Å². The Morgan fingerprint density at radius 3 is 2.41 bits per heavy atom. The van der Waals surface area contributed by atoms with Crippen LogP contribution in [0.5, 0.6) is 0 Å². The van der Waals surface area contributed by atoms with Crippen LogP contribution in [0.2, 0.25) is 0 Å². The van der Waals surface area contributed by atoms with Crippen LogP contribution in [0.4, 0.5) is 0 Å². The average molecular weight is 497 g/mol. The molecule has 2 aliphatic rings. The highest BCUT2D eigenvalue weighted by Crippen LogP contribution is 2.38. The Kier molecular flexibility index (Phi) is 6.44. The van der Waals surface area contributed by atoms with Crippen molar-refractivity contribution < 1.29 is 13.2 Å². The number of hydrogen-bond donors (Lipinski definition) is 1. The molecule has 0 bridgehead atoms. The molecule has 1 aromatic carbocycles. The van der Waals surface area contributed by atoms with E-state index >= 15 is 0 Å². The van der Waals surface area contributed by atoms with Gasteiger partial charge in [-0.25, -0.2) is 8.42 Å². The van der Waals surface area contributed by atoms with E-state index in [9.17, 15) is 13.2 Å². The number of hydrogen-bond acceptors (Lipinski definition) is 4. The highest BCUT2D eigenvalue weighted by Gasteiger charge is 2.31. The highest BCUT2D eigenvalue weighted by molar-refractivity contribution is 9.10. The minimum Gasteiger partial charge on any atom is -0.349 e. The molecular weight excluding hydrogens is 472 g/mol. The molecule has 0 radical (unpaired) electrons. The molecule has 1 amide bonds. The van der Waals surface area contributed by atoms with Gasteiger partial charge in [0.2, 0.25) is 5.91 Å². The lowest BCUT2D eigenvalue weighted by molar-refractivity contribution is -0.121. The Morgan fingerprint density at radius 1 is 1.10 bits per heavy atom. The maximum absolute atomic E-state index is 12.7. The molecule has 2 aromatic rings. The molecule has 1 N–H and O–H groups in total. The first-order valence-electron chi connectivity index (χ1n) is 10.1. The molecule has 8 heteroatoms. The predicted octanol–water partition coefficient (Wildman–Crippen LogP) is 4.50. The van der Waals surface area contributed by atoms with Crippen LogP contribution >= 0.6 is 27.3 Å². The summed E-state index contributed by atoms with van der Waals surface area (Å²) in [5.74, 6) is 0.409. The summed E-state index contributed by atoms with van der Waals surface area (Å²) < 4.78 is 28.3. The second kappa shape index (κ2) is 8.88. The zero-order valence-electron chi connectivity index (χ0n) is 16.1. The molecule has 1 saturated carbocycles. The molecule has 2 fully saturated rings. The van der Waals surface area contributed by atoms with Crippen LogP contribution < -0.4 is 5.32 Å². The molecule has 2 heterocycles. The van der Waals surface area contributed by atoms with Crippen LogP contribution in [0.3, 0.4) is 0 Å². The molecule has 1 aliphatic carbocycles. The van der Waals surface area contributed by atoms with E-state index < -0.39 is 10.0 Å². The van der Waals surface area contributed by atoms with Gasteiger partial charge in [-0.2, -0.15) is 4.31 Å². The lowest BCUT2D eigenvalue weighted by Crippen LogP contribution is -2.36. The van der Waals surface area contributed by atoms with Gasteiger partial charge in [0.05, 0.1) is 12.5 Å². The van der Waals surface area contributed by atoms with E-state index in [4.69, 9.17) is 0 Å². The van der Waals surface area contributed by atoms with Crippen molar-refractivity contribution >= 4 is 43.2 Å². The van der Waals surface area contributed by atoms with Crippen LogP contribution in [-0.2, 0) is 21.2 Å². The summed E-state index contributed by atoms with van der Waals surface area (Å²) in [4.78, 5) is 13.5. The van der Waals surface area contributed by atoms with Crippen molar-refractivity contribution in [3.8, 4) is 0 Å². The van der Waals surface area contributed by atoms with Crippen molar-refractivity contribution in [1.82, 2.24) is 9.62 Å². The number of rotatable bonds is 7. The van der Waals surface area contributed by atoms with Gasteiger partial charge < -0.3 is 5.32 Å². The molecule has 1 saturated heterocycles. The summed E-state index contributed by atoms with van der Waals surface area (Å²) in [5, 5.41) is 3.20. The number of nitrogens with zero attached hydrogens (tertiary/aromatic N) is 1. The Morgan fingerprint density at radius 2 is 1.79 bits per heavy atom. The van der Waals surface area contributed by atoms with E-state index in [2.05, 4.69) is 33.4 Å². The number of carbonyl (C=O) groups excluding carboxylic acids is 1. The summed E-state index contributed by atoms with van der Waals surface area (Å²) in [7, 11) is -3.42. The second-order valence-corrected chi connectivity index (χ2v) is 12.0. The third kappa shape index (κ3) is 4.76. The fourth-order valence-corrected chi connectivity index (χ4v) is 7.24. The summed E-state index contributed by atoms with van der Waals surface area (Å²) in [6, 6.07) is 11.5. The van der Waals surface area contributed by atoms with Crippen molar-refractivity contribution in [2.75, 3.05) is 13.1 Å². The monoisotopic (exact) mass is 496 g/mol. The molecular formula is C21H25BrN2O3S2. The Labute approximate surface area is 184 Å². The molecule has 4 rings (SSSR count). The molecule has 29 heavy (non-hydrogen) atoms. The van der Waals surface area contributed by atoms with Gasteiger partial charge in [0.15, 0.2) is 0 Å². The van der Waals surface area contributed by atoms with E-state index in [0.29, 0.717) is 23.2 Å². The molecule has 0 spiro atoms. The van der Waals surface area contributed by atoms with E-state index in [1.54, 1.807) is 16.4 Å². The molecule has 1 atom stereocenters. The van der Waals surface area contributed by atoms with E-state index in [1.807, 2.05) is 12.1 Å². The first-order chi connectivity index (χ1) is 13.9. The van der Waals surface area contributed by atoms with Crippen molar-refractivity contribution in [3.05, 3.63) is 51.3 Å². The van der Waals surface area contributed by atoms with E-state index in [1.165, 1.54) is 17.8 Å². The van der Waals surface area contributed by atoms with Crippen LogP contribution in [0.25, 0.3) is 0 Å². The number of carbonyl (C=O) groups is 1. The zero-order chi connectivity index (χ0) is 20.4. The van der Waals surface area contributed by atoms with Crippen LogP contribution in [-0.4, -0.2) is 31.7 Å². The van der Waals surface area contributed by atoms with Gasteiger partial charge in [0, 0.05) is 22.4 Å². The SMILES string of the molecule is O=C(Cc1ccc(S(=O)(=O)N2CCCC2)s1)NC(c1ccc(Br)cc1)C1CCC1. The van der Waals surface area contributed by atoms with Gasteiger partial charge in [-0.05, 0) is 61.4 Å². The number of benzene rings is 1. The fraction of sp³-hybridized carbons (Fsp3) is 0.476. The fourth-order valence-electron chi connectivity index (χ4n) is 3.95. The minimum absolute atomic E-state index is 0.0112. The number of amides is 1. The molecule has 5 nitrogen and oxygen atoms in total. The smallest absolute Gasteiger partial charge is 0.252 e. The third-order valence-corrected chi connectivity index (χ3v) is 9.78. The van der Waals surface area contributed by atoms with Crippen LogP contribution in [0.1, 0.15) is 48.6 Å². The van der Waals surface area contributed by atoms with Crippen LogP contribution in [0, 0.1) is 5.92 Å². The summed E-state index contributed by atoms with van der Waals surface area (Å²) >= 11 is 4.67. The van der Waals surface area contributed by atoms with Gasteiger partial charge in [0.25, 0.3) is 10.0 Å². The first kappa shape index (κ1) is 21.0. The van der Waals surface area contributed by atoms with Crippen molar-refractivity contribution in [2.45, 2.75) is 48.8 Å². The van der Waals surface area contributed by atoms with Gasteiger partial charge in [-0.15, -0.1) is 11.3 Å². The molecule has 1 unspecified atom stereocenters. The normalized spacial score (nSPS) is 19.1. The van der Waals surface area contributed by atoms with Gasteiger partial charge in [-0.3, -0.25) is 4.79 Å². The van der Waals surface area contributed by atoms with E-state index in [-0.39, 0.29) is 18.4 Å². The number of sulfonamides is 1. The predicted molar refractivity (Wildman–Crippen MR) is 118 cm³/mol. The maximum Gasteiger partial charge on any atom is 0.252 e. The number of thiophene rings is 1. The topological polar surface area (TPSA) is 66.5 Å². The van der Waals surface area contributed by atoms with Crippen molar-refractivity contribution in [1.29, 1.82) is 0 Å². The highest BCUT2D eigenvalue weighted by atomic mass is 79.9. The number of nitrogens with one attached hydrogen (secondary N) is 1. The molecule has 156 valence electrons. The van der Waals surface area contributed by atoms with Crippen molar-refractivity contribution in [3.63, 3.8) is 0 Å². The lowest BCUT2D eigenvalue weighted by Gasteiger charge is -2.34. The van der Waals surface area contributed by atoms with Crippen LogP contribution in [0.15, 0.2) is 45.1 Å². The maximum atomic E-state index is 12.7. The average Bonchev–Trinajstić information content (AvgIpc) is 3.33. The third-order valence-electron chi connectivity index (χ3n) is 5.80. The van der Waals surface area contributed by atoms with Gasteiger partial charge in [0.1, 0.15) is 4.21 Å². The first-order valence-corrected chi connectivity index (χ1v) is 13.1. The van der Waals surface area contributed by atoms with Gasteiger partial charge in [-0.1, -0.05) is 34.5 Å².